The van der Waals surface area contributed by atoms with Crippen LogP contribution in [0.4, 0.5) is 5.69 Å². The molecule has 0 saturated heterocycles. The van der Waals surface area contributed by atoms with Crippen LogP contribution >= 0.6 is 0 Å². The van der Waals surface area contributed by atoms with Crippen LogP contribution in [0.15, 0.2) is 12.1 Å². The van der Waals surface area contributed by atoms with Gasteiger partial charge in [-0.2, -0.15) is 0 Å². The Kier molecular flexibility index (Phi) is 5.81. The van der Waals surface area contributed by atoms with E-state index in [4.69, 9.17) is 5.73 Å². The van der Waals surface area contributed by atoms with Crippen LogP contribution in [0.5, 0.6) is 0 Å². The molecule has 1 fully saturated rings. The van der Waals surface area contributed by atoms with Gasteiger partial charge in [0.1, 0.15) is 6.04 Å². The average molecular weight is 358 g/mol. The van der Waals surface area contributed by atoms with Crippen molar-refractivity contribution in [3.63, 3.8) is 0 Å². The van der Waals surface area contributed by atoms with Gasteiger partial charge in [-0.05, 0) is 50.7 Å². The largest absolute Gasteiger partial charge is 0.373 e. The Balaban J connectivity index is 1.47. The molecule has 0 spiro atoms. The van der Waals surface area contributed by atoms with E-state index < -0.39 is 0 Å². The number of anilines is 1. The van der Waals surface area contributed by atoms with Crippen LogP contribution in [0, 0.1) is 13.8 Å². The van der Waals surface area contributed by atoms with E-state index in [9.17, 15) is 9.59 Å². The Morgan fingerprint density at radius 2 is 1.77 bits per heavy atom. The third-order valence-electron chi connectivity index (χ3n) is 5.43. The van der Waals surface area contributed by atoms with E-state index in [1.165, 1.54) is 16.7 Å². The Morgan fingerprint density at radius 3 is 2.42 bits per heavy atom. The first-order valence-corrected chi connectivity index (χ1v) is 9.62. The summed E-state index contributed by atoms with van der Waals surface area (Å²) in [6, 6.07) is 4.53. The second kappa shape index (κ2) is 8.08. The van der Waals surface area contributed by atoms with Crippen molar-refractivity contribution in [2.24, 2.45) is 5.73 Å². The molecule has 142 valence electrons. The first kappa shape index (κ1) is 18.7. The van der Waals surface area contributed by atoms with E-state index >= 15 is 0 Å². The summed E-state index contributed by atoms with van der Waals surface area (Å²) in [5, 5.41) is 9.61. The maximum Gasteiger partial charge on any atom is 0.243 e. The molecular formula is C20H30N4O2. The fourth-order valence-electron chi connectivity index (χ4n) is 4.14. The van der Waals surface area contributed by atoms with Crippen molar-refractivity contribution in [3.8, 4) is 0 Å². The second-order valence-corrected chi connectivity index (χ2v) is 7.68. The third-order valence-corrected chi connectivity index (χ3v) is 5.43. The molecule has 2 aliphatic rings. The smallest absolute Gasteiger partial charge is 0.243 e. The molecular weight excluding hydrogens is 328 g/mol. The minimum absolute atomic E-state index is 0.0265. The first-order valence-electron chi connectivity index (χ1n) is 9.62. The highest BCUT2D eigenvalue weighted by atomic mass is 16.2. The summed E-state index contributed by atoms with van der Waals surface area (Å²) < 4.78 is 0. The van der Waals surface area contributed by atoms with Gasteiger partial charge in [-0.3, -0.25) is 9.59 Å². The SMILES string of the molecule is Cc1cc(C)c2c(c1)CC(C(=O)N[C@H]1CC[C@H](NC(=O)CCN)CC1)N2. The number of carbonyl (C=O) groups is 2. The van der Waals surface area contributed by atoms with Gasteiger partial charge in [-0.25, -0.2) is 0 Å². The van der Waals surface area contributed by atoms with Crippen molar-refractivity contribution in [3.05, 3.63) is 28.8 Å². The molecule has 1 aliphatic heterocycles. The van der Waals surface area contributed by atoms with Crippen molar-refractivity contribution in [2.45, 2.75) is 70.5 Å². The van der Waals surface area contributed by atoms with Crippen molar-refractivity contribution < 1.29 is 9.59 Å². The minimum atomic E-state index is -0.188. The number of carbonyl (C=O) groups excluding carboxylic acids is 2. The summed E-state index contributed by atoms with van der Waals surface area (Å²) in [7, 11) is 0. The zero-order chi connectivity index (χ0) is 18.7. The Labute approximate surface area is 155 Å². The van der Waals surface area contributed by atoms with Crippen molar-refractivity contribution in [1.82, 2.24) is 10.6 Å². The van der Waals surface area contributed by atoms with E-state index in [1.54, 1.807) is 0 Å². The summed E-state index contributed by atoms with van der Waals surface area (Å²) in [4.78, 5) is 24.3. The second-order valence-electron chi connectivity index (χ2n) is 7.68. The Morgan fingerprint density at radius 1 is 1.12 bits per heavy atom. The predicted molar refractivity (Wildman–Crippen MR) is 103 cm³/mol. The van der Waals surface area contributed by atoms with Gasteiger partial charge in [0.2, 0.25) is 11.8 Å². The molecule has 1 unspecified atom stereocenters. The lowest BCUT2D eigenvalue weighted by atomic mass is 9.90. The molecule has 3 rings (SSSR count). The Bertz CT molecular complexity index is 681. The maximum absolute atomic E-state index is 12.7. The van der Waals surface area contributed by atoms with Gasteiger partial charge in [0.25, 0.3) is 0 Å². The van der Waals surface area contributed by atoms with Crippen LogP contribution in [0.25, 0.3) is 0 Å². The van der Waals surface area contributed by atoms with Crippen molar-refractivity contribution in [1.29, 1.82) is 0 Å². The number of aryl methyl sites for hydroxylation is 2. The van der Waals surface area contributed by atoms with E-state index in [0.29, 0.717) is 13.0 Å². The number of hydrogen-bond donors (Lipinski definition) is 4. The lowest BCUT2D eigenvalue weighted by molar-refractivity contribution is -0.123. The molecule has 0 aromatic heterocycles. The molecule has 0 bridgehead atoms. The van der Waals surface area contributed by atoms with Crippen LogP contribution < -0.4 is 21.7 Å². The predicted octanol–water partition coefficient (Wildman–Crippen LogP) is 1.53. The third kappa shape index (κ3) is 4.36. The minimum Gasteiger partial charge on any atom is -0.373 e. The highest BCUT2D eigenvalue weighted by Gasteiger charge is 2.30. The molecule has 26 heavy (non-hydrogen) atoms. The molecule has 1 heterocycles. The maximum atomic E-state index is 12.7. The monoisotopic (exact) mass is 358 g/mol. The summed E-state index contributed by atoms with van der Waals surface area (Å²) in [6.07, 6.45) is 4.72. The first-order chi connectivity index (χ1) is 12.5. The quantitative estimate of drug-likeness (QED) is 0.642. The van der Waals surface area contributed by atoms with Gasteiger partial charge >= 0.3 is 0 Å². The molecule has 2 amide bonds. The normalized spacial score (nSPS) is 24.5. The molecule has 5 N–H and O–H groups in total. The van der Waals surface area contributed by atoms with Crippen LogP contribution in [-0.2, 0) is 16.0 Å². The lowest BCUT2D eigenvalue weighted by Gasteiger charge is -2.30. The van der Waals surface area contributed by atoms with E-state index in [-0.39, 0.29) is 29.9 Å². The topological polar surface area (TPSA) is 96.2 Å². The standard InChI is InChI=1S/C20H30N4O2/c1-12-9-13(2)19-14(10-12)11-17(24-19)20(26)23-16-5-3-15(4-6-16)22-18(25)7-8-21/h9-10,15-17,24H,3-8,11,21H2,1-2H3,(H,22,25)(H,23,26)/t15-,16-,17?. The summed E-state index contributed by atoms with van der Waals surface area (Å²) in [6.45, 7) is 4.55. The fraction of sp³-hybridized carbons (Fsp3) is 0.600. The number of amides is 2. The molecule has 0 radical (unpaired) electrons. The van der Waals surface area contributed by atoms with Crippen LogP contribution in [0.3, 0.4) is 0 Å². The summed E-state index contributed by atoms with van der Waals surface area (Å²) >= 11 is 0. The van der Waals surface area contributed by atoms with Gasteiger partial charge in [0.05, 0.1) is 0 Å². The van der Waals surface area contributed by atoms with Gasteiger partial charge < -0.3 is 21.7 Å². The molecule has 1 aromatic rings. The van der Waals surface area contributed by atoms with E-state index in [2.05, 4.69) is 41.9 Å². The van der Waals surface area contributed by atoms with Crippen LogP contribution in [0.1, 0.15) is 48.8 Å². The fourth-order valence-corrected chi connectivity index (χ4v) is 4.14. The molecule has 6 heteroatoms. The molecule has 1 atom stereocenters. The number of benzene rings is 1. The van der Waals surface area contributed by atoms with Gasteiger partial charge in [-0.1, -0.05) is 17.7 Å². The molecule has 1 saturated carbocycles. The lowest BCUT2D eigenvalue weighted by Crippen LogP contribution is -2.47. The zero-order valence-electron chi connectivity index (χ0n) is 15.7. The molecule has 1 aliphatic carbocycles. The molecule has 6 nitrogen and oxygen atoms in total. The number of fused-ring (bicyclic) bond motifs is 1. The van der Waals surface area contributed by atoms with Gasteiger partial charge in [0.15, 0.2) is 0 Å². The summed E-state index contributed by atoms with van der Waals surface area (Å²) in [5.74, 6) is 0.104. The summed E-state index contributed by atoms with van der Waals surface area (Å²) in [5.41, 5.74) is 10.2. The van der Waals surface area contributed by atoms with Crippen LogP contribution in [0.2, 0.25) is 0 Å². The highest BCUT2D eigenvalue weighted by molar-refractivity contribution is 5.88. The highest BCUT2D eigenvalue weighted by Crippen LogP contribution is 2.30. The van der Waals surface area contributed by atoms with E-state index in [0.717, 1.165) is 37.8 Å². The number of hydrogen-bond acceptors (Lipinski definition) is 4. The average Bonchev–Trinajstić information content (AvgIpc) is 3.01. The van der Waals surface area contributed by atoms with Gasteiger partial charge in [-0.15, -0.1) is 0 Å². The van der Waals surface area contributed by atoms with Gasteiger partial charge in [0, 0.05) is 37.2 Å². The molecule has 1 aromatic carbocycles. The zero-order valence-corrected chi connectivity index (χ0v) is 15.7. The van der Waals surface area contributed by atoms with Crippen LogP contribution in [-0.4, -0.2) is 36.5 Å². The van der Waals surface area contributed by atoms with Crippen molar-refractivity contribution in [2.75, 3.05) is 11.9 Å². The van der Waals surface area contributed by atoms with Crippen molar-refractivity contribution >= 4 is 17.5 Å². The number of nitrogens with two attached hydrogens (primary N) is 1. The Hall–Kier alpha value is -2.08. The number of nitrogens with one attached hydrogen (secondary N) is 3. The number of rotatable bonds is 5. The van der Waals surface area contributed by atoms with E-state index in [1.807, 2.05) is 0 Å².